The van der Waals surface area contributed by atoms with Crippen molar-refractivity contribution < 1.29 is 19.4 Å². The lowest BCUT2D eigenvalue weighted by atomic mass is 9.80. The van der Waals surface area contributed by atoms with Gasteiger partial charge >= 0.3 is 12.0 Å². The predicted molar refractivity (Wildman–Crippen MR) is 66.5 cm³/mol. The standard InChI is InChI=1S/C12H22N2O4/c1-11(2,7-9(15)16)14-10(17)13-8-12(18-3)5-4-6-12/h4-8H2,1-3H3,(H,15,16)(H2,13,14,17). The number of hydrogen-bond acceptors (Lipinski definition) is 3. The number of methoxy groups -OCH3 is 1. The van der Waals surface area contributed by atoms with E-state index in [0.29, 0.717) is 6.54 Å². The zero-order valence-corrected chi connectivity index (χ0v) is 11.2. The zero-order chi connectivity index (χ0) is 13.8. The van der Waals surface area contributed by atoms with Crippen molar-refractivity contribution in [3.8, 4) is 0 Å². The summed E-state index contributed by atoms with van der Waals surface area (Å²) < 4.78 is 5.38. The molecule has 18 heavy (non-hydrogen) atoms. The van der Waals surface area contributed by atoms with E-state index in [9.17, 15) is 9.59 Å². The predicted octanol–water partition coefficient (Wildman–Crippen LogP) is 1.11. The molecule has 0 aromatic rings. The van der Waals surface area contributed by atoms with E-state index in [2.05, 4.69) is 10.6 Å². The molecule has 1 aliphatic carbocycles. The van der Waals surface area contributed by atoms with Crippen LogP contribution in [-0.2, 0) is 9.53 Å². The number of rotatable bonds is 6. The highest BCUT2D eigenvalue weighted by Crippen LogP contribution is 2.34. The van der Waals surface area contributed by atoms with Crippen LogP contribution in [0.5, 0.6) is 0 Å². The highest BCUT2D eigenvalue weighted by atomic mass is 16.5. The molecule has 0 radical (unpaired) electrons. The van der Waals surface area contributed by atoms with Crippen LogP contribution >= 0.6 is 0 Å². The van der Waals surface area contributed by atoms with Crippen LogP contribution in [0.4, 0.5) is 4.79 Å². The van der Waals surface area contributed by atoms with Crippen molar-refractivity contribution in [2.45, 2.75) is 50.7 Å². The van der Waals surface area contributed by atoms with E-state index in [1.165, 1.54) is 0 Å². The Morgan fingerprint density at radius 1 is 1.39 bits per heavy atom. The van der Waals surface area contributed by atoms with Gasteiger partial charge in [-0.05, 0) is 33.1 Å². The first-order valence-corrected chi connectivity index (χ1v) is 6.12. The van der Waals surface area contributed by atoms with Gasteiger partial charge in [0, 0.05) is 19.2 Å². The van der Waals surface area contributed by atoms with Crippen molar-refractivity contribution in [2.24, 2.45) is 0 Å². The summed E-state index contributed by atoms with van der Waals surface area (Å²) in [6.07, 6.45) is 2.89. The summed E-state index contributed by atoms with van der Waals surface area (Å²) in [6.45, 7) is 3.81. The summed E-state index contributed by atoms with van der Waals surface area (Å²) in [7, 11) is 1.65. The largest absolute Gasteiger partial charge is 0.481 e. The summed E-state index contributed by atoms with van der Waals surface area (Å²) in [5.41, 5.74) is -0.996. The molecule has 3 N–H and O–H groups in total. The van der Waals surface area contributed by atoms with Gasteiger partial charge in [-0.1, -0.05) is 0 Å². The number of carbonyl (C=O) groups excluding carboxylic acids is 1. The van der Waals surface area contributed by atoms with Crippen LogP contribution in [0.15, 0.2) is 0 Å². The molecule has 6 heteroatoms. The maximum Gasteiger partial charge on any atom is 0.315 e. The van der Waals surface area contributed by atoms with Gasteiger partial charge in [-0.3, -0.25) is 4.79 Å². The maximum atomic E-state index is 11.7. The zero-order valence-electron chi connectivity index (χ0n) is 11.2. The van der Waals surface area contributed by atoms with E-state index in [1.54, 1.807) is 21.0 Å². The van der Waals surface area contributed by atoms with E-state index in [0.717, 1.165) is 19.3 Å². The van der Waals surface area contributed by atoms with Crippen LogP contribution in [0.25, 0.3) is 0 Å². The number of nitrogens with one attached hydrogen (secondary N) is 2. The molecule has 0 bridgehead atoms. The van der Waals surface area contributed by atoms with Crippen molar-refractivity contribution >= 4 is 12.0 Å². The van der Waals surface area contributed by atoms with Crippen LogP contribution < -0.4 is 10.6 Å². The fraction of sp³-hybridized carbons (Fsp3) is 0.833. The Labute approximate surface area is 107 Å². The molecule has 0 spiro atoms. The number of ether oxygens (including phenoxy) is 1. The molecule has 2 amide bonds. The topological polar surface area (TPSA) is 87.7 Å². The minimum atomic E-state index is -0.937. The van der Waals surface area contributed by atoms with E-state index >= 15 is 0 Å². The Morgan fingerprint density at radius 3 is 2.39 bits per heavy atom. The number of carbonyl (C=O) groups is 2. The van der Waals surface area contributed by atoms with E-state index in [1.807, 2.05) is 0 Å². The molecule has 1 fully saturated rings. The Balaban J connectivity index is 2.35. The number of urea groups is 1. The minimum Gasteiger partial charge on any atom is -0.481 e. The number of carboxylic acids is 1. The molecule has 1 aliphatic rings. The summed E-state index contributed by atoms with van der Waals surface area (Å²) in [4.78, 5) is 22.3. The molecule has 0 aromatic heterocycles. The van der Waals surface area contributed by atoms with Crippen LogP contribution in [0.3, 0.4) is 0 Å². The molecule has 0 aromatic carbocycles. The van der Waals surface area contributed by atoms with Gasteiger partial charge in [0.15, 0.2) is 0 Å². The highest BCUT2D eigenvalue weighted by molar-refractivity contribution is 5.76. The first-order valence-electron chi connectivity index (χ1n) is 6.12. The fourth-order valence-electron chi connectivity index (χ4n) is 2.04. The fourth-order valence-corrected chi connectivity index (χ4v) is 2.04. The monoisotopic (exact) mass is 258 g/mol. The second-order valence-corrected chi connectivity index (χ2v) is 5.50. The van der Waals surface area contributed by atoms with Crippen molar-refractivity contribution in [1.82, 2.24) is 10.6 Å². The Hall–Kier alpha value is -1.30. The van der Waals surface area contributed by atoms with Gasteiger partial charge in [0.2, 0.25) is 0 Å². The van der Waals surface area contributed by atoms with Gasteiger partial charge in [-0.15, -0.1) is 0 Å². The normalized spacial score (nSPS) is 17.7. The average Bonchev–Trinajstić information content (AvgIpc) is 2.13. The second-order valence-electron chi connectivity index (χ2n) is 5.50. The molecule has 0 atom stereocenters. The van der Waals surface area contributed by atoms with Crippen LogP contribution in [0, 0.1) is 0 Å². The molecule has 0 saturated heterocycles. The van der Waals surface area contributed by atoms with Gasteiger partial charge < -0.3 is 20.5 Å². The molecular formula is C12H22N2O4. The summed E-state index contributed by atoms with van der Waals surface area (Å²) in [6, 6.07) is -0.357. The smallest absolute Gasteiger partial charge is 0.315 e. The lowest BCUT2D eigenvalue weighted by Crippen LogP contribution is -2.55. The second kappa shape index (κ2) is 5.56. The minimum absolute atomic E-state index is 0.115. The first kappa shape index (κ1) is 14.8. The summed E-state index contributed by atoms with van der Waals surface area (Å²) in [5.74, 6) is -0.937. The molecule has 6 nitrogen and oxygen atoms in total. The van der Waals surface area contributed by atoms with Gasteiger partial charge in [0.1, 0.15) is 0 Å². The van der Waals surface area contributed by atoms with Crippen LogP contribution in [0.1, 0.15) is 39.5 Å². The average molecular weight is 258 g/mol. The third-order valence-corrected chi connectivity index (χ3v) is 3.31. The lowest BCUT2D eigenvalue weighted by molar-refractivity contribution is -0.138. The van der Waals surface area contributed by atoms with Crippen molar-refractivity contribution in [2.75, 3.05) is 13.7 Å². The summed E-state index contributed by atoms with van der Waals surface area (Å²) in [5, 5.41) is 14.1. The third-order valence-electron chi connectivity index (χ3n) is 3.31. The number of amides is 2. The van der Waals surface area contributed by atoms with E-state index in [4.69, 9.17) is 9.84 Å². The third kappa shape index (κ3) is 4.18. The Kier molecular flexibility index (Phi) is 4.56. The SMILES string of the molecule is COC1(CNC(=O)NC(C)(C)CC(=O)O)CCC1. The number of aliphatic carboxylic acids is 1. The summed E-state index contributed by atoms with van der Waals surface area (Å²) >= 11 is 0. The lowest BCUT2D eigenvalue weighted by Gasteiger charge is -2.40. The van der Waals surface area contributed by atoms with Gasteiger partial charge in [0.05, 0.1) is 12.0 Å². The van der Waals surface area contributed by atoms with Crippen LogP contribution in [-0.4, -0.2) is 41.9 Å². The van der Waals surface area contributed by atoms with Gasteiger partial charge in [-0.25, -0.2) is 4.79 Å². The van der Waals surface area contributed by atoms with E-state index in [-0.39, 0.29) is 18.1 Å². The molecule has 1 saturated carbocycles. The molecular weight excluding hydrogens is 236 g/mol. The number of hydrogen-bond donors (Lipinski definition) is 3. The first-order chi connectivity index (χ1) is 8.29. The molecule has 0 heterocycles. The van der Waals surface area contributed by atoms with Crippen molar-refractivity contribution in [1.29, 1.82) is 0 Å². The number of carboxylic acid groups (broad SMARTS) is 1. The Bertz CT molecular complexity index is 319. The van der Waals surface area contributed by atoms with Crippen LogP contribution in [0.2, 0.25) is 0 Å². The van der Waals surface area contributed by atoms with Crippen molar-refractivity contribution in [3.05, 3.63) is 0 Å². The van der Waals surface area contributed by atoms with Crippen molar-refractivity contribution in [3.63, 3.8) is 0 Å². The molecule has 104 valence electrons. The Morgan fingerprint density at radius 2 is 2.00 bits per heavy atom. The molecule has 0 aliphatic heterocycles. The molecule has 0 unspecified atom stereocenters. The molecule has 1 rings (SSSR count). The van der Waals surface area contributed by atoms with E-state index < -0.39 is 11.5 Å². The quantitative estimate of drug-likeness (QED) is 0.666. The highest BCUT2D eigenvalue weighted by Gasteiger charge is 2.37. The maximum absolute atomic E-state index is 11.7. The van der Waals surface area contributed by atoms with Gasteiger partial charge in [0.25, 0.3) is 0 Å². The van der Waals surface area contributed by atoms with Gasteiger partial charge in [-0.2, -0.15) is 0 Å².